The number of benzene rings is 1. The summed E-state index contributed by atoms with van der Waals surface area (Å²) in [6.07, 6.45) is 4.23. The number of hydrogen-bond acceptors (Lipinski definition) is 9. The minimum atomic E-state index is -0.508. The normalized spacial score (nSPS) is 10.9. The van der Waals surface area contributed by atoms with Crippen LogP contribution in [-0.2, 0) is 0 Å². The quantitative estimate of drug-likeness (QED) is 0.186. The number of nitro groups is 1. The lowest BCUT2D eigenvalue weighted by molar-refractivity contribution is -0.386. The summed E-state index contributed by atoms with van der Waals surface area (Å²) < 4.78 is 10.9. The van der Waals surface area contributed by atoms with E-state index in [1.165, 1.54) is 37.7 Å². The zero-order chi connectivity index (χ0) is 21.4. The maximum Gasteiger partial charge on any atom is 0.315 e. The second kappa shape index (κ2) is 10.5. The predicted octanol–water partition coefficient (Wildman–Crippen LogP) is 4.59. The van der Waals surface area contributed by atoms with E-state index in [0.29, 0.717) is 27.9 Å². The Balaban J connectivity index is 2.21. The summed E-state index contributed by atoms with van der Waals surface area (Å²) in [5, 5.41) is 16.0. The lowest BCUT2D eigenvalue weighted by atomic mass is 10.2. The largest absolute Gasteiger partial charge is 0.493 e. The number of nitrogens with one attached hydrogen (secondary N) is 1. The number of carbonyl (C=O) groups is 1. The van der Waals surface area contributed by atoms with Crippen LogP contribution in [0.15, 0.2) is 17.2 Å². The van der Waals surface area contributed by atoms with Gasteiger partial charge in [-0.25, -0.2) is 4.98 Å². The van der Waals surface area contributed by atoms with E-state index in [1.54, 1.807) is 13.0 Å². The summed E-state index contributed by atoms with van der Waals surface area (Å²) in [7, 11) is 1.43. The number of aryl methyl sites for hydroxylation is 1. The molecule has 0 aliphatic heterocycles. The number of hydrogen-bond donors (Lipinski definition) is 1. The molecule has 0 aliphatic rings. The molecule has 0 saturated heterocycles. The first-order valence-electron chi connectivity index (χ1n) is 9.14. The molecule has 9 nitrogen and oxygen atoms in total. The van der Waals surface area contributed by atoms with Gasteiger partial charge in [0.2, 0.25) is 10.9 Å². The second-order valence-corrected chi connectivity index (χ2v) is 7.24. The van der Waals surface area contributed by atoms with Gasteiger partial charge in [0, 0.05) is 18.6 Å². The molecule has 0 saturated carbocycles. The van der Waals surface area contributed by atoms with Crippen molar-refractivity contribution in [3.8, 4) is 11.5 Å². The van der Waals surface area contributed by atoms with Gasteiger partial charge >= 0.3 is 5.69 Å². The topological polar surface area (TPSA) is 116 Å². The van der Waals surface area contributed by atoms with Crippen molar-refractivity contribution in [2.24, 2.45) is 5.10 Å². The Hall–Kier alpha value is -3.01. The van der Waals surface area contributed by atoms with Gasteiger partial charge in [-0.3, -0.25) is 20.3 Å². The van der Waals surface area contributed by atoms with Crippen molar-refractivity contribution in [2.45, 2.75) is 40.0 Å². The van der Waals surface area contributed by atoms with E-state index in [1.807, 2.05) is 0 Å². The van der Waals surface area contributed by atoms with Gasteiger partial charge in [-0.05, 0) is 19.4 Å². The van der Waals surface area contributed by atoms with Crippen LogP contribution in [0.4, 0.5) is 10.8 Å². The molecule has 1 aromatic carbocycles. The first-order valence-corrected chi connectivity index (χ1v) is 9.95. The molecule has 0 radical (unpaired) electrons. The number of aromatic nitrogens is 1. The maximum atomic E-state index is 11.5. The molecule has 1 aromatic heterocycles. The van der Waals surface area contributed by atoms with Crippen molar-refractivity contribution < 1.29 is 19.2 Å². The number of Topliss-reactive ketones (excluding diaryl/α,β-unsaturated/α-hetero) is 1. The van der Waals surface area contributed by atoms with Crippen molar-refractivity contribution in [2.75, 3.05) is 19.1 Å². The van der Waals surface area contributed by atoms with Crippen LogP contribution in [0.3, 0.4) is 0 Å². The summed E-state index contributed by atoms with van der Waals surface area (Å²) >= 11 is 1.20. The van der Waals surface area contributed by atoms with Gasteiger partial charge in [0.15, 0.2) is 11.5 Å². The van der Waals surface area contributed by atoms with E-state index in [9.17, 15) is 14.9 Å². The Kier molecular flexibility index (Phi) is 8.08. The molecule has 0 amide bonds. The molecule has 156 valence electrons. The molecule has 0 atom stereocenters. The van der Waals surface area contributed by atoms with Gasteiger partial charge in [-0.2, -0.15) is 5.10 Å². The predicted molar refractivity (Wildman–Crippen MR) is 113 cm³/mol. The Morgan fingerprint density at radius 1 is 1.41 bits per heavy atom. The van der Waals surface area contributed by atoms with E-state index in [-0.39, 0.29) is 23.0 Å². The first-order chi connectivity index (χ1) is 13.9. The molecule has 29 heavy (non-hydrogen) atoms. The van der Waals surface area contributed by atoms with Crippen molar-refractivity contribution >= 4 is 34.2 Å². The van der Waals surface area contributed by atoms with Crippen molar-refractivity contribution in [1.29, 1.82) is 0 Å². The minimum absolute atomic E-state index is 0.0630. The summed E-state index contributed by atoms with van der Waals surface area (Å²) in [6.45, 7) is 5.67. The smallest absolute Gasteiger partial charge is 0.315 e. The van der Waals surface area contributed by atoms with Crippen LogP contribution in [0.5, 0.6) is 11.5 Å². The third kappa shape index (κ3) is 5.98. The van der Waals surface area contributed by atoms with Crippen LogP contribution in [0.1, 0.15) is 54.0 Å². The van der Waals surface area contributed by atoms with Gasteiger partial charge < -0.3 is 9.47 Å². The third-order valence-electron chi connectivity index (χ3n) is 3.96. The third-order valence-corrected chi connectivity index (χ3v) is 5.12. The summed E-state index contributed by atoms with van der Waals surface area (Å²) in [6, 6.07) is 2.98. The van der Waals surface area contributed by atoms with E-state index < -0.39 is 4.92 Å². The molecule has 1 N–H and O–H groups in total. The maximum absolute atomic E-state index is 11.5. The fourth-order valence-electron chi connectivity index (χ4n) is 2.57. The van der Waals surface area contributed by atoms with E-state index in [4.69, 9.17) is 9.47 Å². The van der Waals surface area contributed by atoms with Crippen molar-refractivity contribution in [3.63, 3.8) is 0 Å². The van der Waals surface area contributed by atoms with E-state index in [0.717, 1.165) is 19.3 Å². The van der Waals surface area contributed by atoms with E-state index >= 15 is 0 Å². The average Bonchev–Trinajstić information content (AvgIpc) is 3.06. The fourth-order valence-corrected chi connectivity index (χ4v) is 3.39. The van der Waals surface area contributed by atoms with Crippen LogP contribution >= 0.6 is 11.3 Å². The van der Waals surface area contributed by atoms with Crippen molar-refractivity contribution in [3.05, 3.63) is 38.4 Å². The molecule has 0 spiro atoms. The van der Waals surface area contributed by atoms with Gasteiger partial charge in [-0.15, -0.1) is 0 Å². The number of ether oxygens (including phenoxy) is 2. The number of ketones is 1. The Morgan fingerprint density at radius 2 is 2.17 bits per heavy atom. The highest BCUT2D eigenvalue weighted by molar-refractivity contribution is 7.17. The van der Waals surface area contributed by atoms with Crippen LogP contribution in [0.25, 0.3) is 0 Å². The molecule has 0 aliphatic carbocycles. The Morgan fingerprint density at radius 3 is 2.76 bits per heavy atom. The van der Waals surface area contributed by atoms with Crippen LogP contribution in [0.2, 0.25) is 0 Å². The summed E-state index contributed by atoms with van der Waals surface area (Å²) in [4.78, 5) is 27.3. The summed E-state index contributed by atoms with van der Waals surface area (Å²) in [5.74, 6) is 0.313. The number of unbranched alkanes of at least 4 members (excludes halogenated alkanes) is 2. The molecule has 10 heteroatoms. The highest BCUT2D eigenvalue weighted by Crippen LogP contribution is 2.38. The summed E-state index contributed by atoms with van der Waals surface area (Å²) in [5.41, 5.74) is 3.64. The Labute approximate surface area is 172 Å². The first kappa shape index (κ1) is 22.3. The van der Waals surface area contributed by atoms with E-state index in [2.05, 4.69) is 22.4 Å². The number of hydrazone groups is 1. The van der Waals surface area contributed by atoms with Gasteiger partial charge in [0.25, 0.3) is 0 Å². The number of carbonyl (C=O) groups excluding carboxylic acids is 1. The number of nitro benzene ring substituents is 1. The fraction of sp³-hybridized carbons (Fsp3) is 0.421. The lowest BCUT2D eigenvalue weighted by Gasteiger charge is -2.11. The van der Waals surface area contributed by atoms with Gasteiger partial charge in [0.1, 0.15) is 0 Å². The molecule has 0 unspecified atom stereocenters. The lowest BCUT2D eigenvalue weighted by Crippen LogP contribution is -2.04. The monoisotopic (exact) mass is 420 g/mol. The van der Waals surface area contributed by atoms with Crippen LogP contribution in [-0.4, -0.2) is 35.6 Å². The number of rotatable bonds is 11. The standard InChI is InChI=1S/C19H24N4O5S/c1-5-6-7-8-28-17-15(23(25)26)9-14(10-16(17)27-4)11-20-22-19-21-12(2)18(29-19)13(3)24/h9-11H,5-8H2,1-4H3,(H,21,22)/b20-11-. The minimum Gasteiger partial charge on any atom is -0.493 e. The van der Waals surface area contributed by atoms with Gasteiger partial charge in [0.05, 0.1) is 35.4 Å². The highest BCUT2D eigenvalue weighted by atomic mass is 32.1. The SMILES string of the molecule is CCCCCOc1c(OC)cc(/C=N\Nc2nc(C)c(C(C)=O)s2)cc1[N+](=O)[O-]. The molecular formula is C19H24N4O5S. The molecule has 0 fully saturated rings. The van der Waals surface area contributed by atoms with Crippen LogP contribution in [0, 0.1) is 17.0 Å². The highest BCUT2D eigenvalue weighted by Gasteiger charge is 2.22. The zero-order valence-electron chi connectivity index (χ0n) is 16.9. The zero-order valence-corrected chi connectivity index (χ0v) is 17.7. The Bertz CT molecular complexity index is 910. The number of methoxy groups -OCH3 is 1. The number of nitrogens with zero attached hydrogens (tertiary/aromatic N) is 3. The molecule has 2 aromatic rings. The average molecular weight is 420 g/mol. The number of anilines is 1. The van der Waals surface area contributed by atoms with Gasteiger partial charge in [-0.1, -0.05) is 31.1 Å². The molecule has 2 rings (SSSR count). The van der Waals surface area contributed by atoms with Crippen molar-refractivity contribution in [1.82, 2.24) is 4.98 Å². The second-order valence-electron chi connectivity index (χ2n) is 6.24. The number of thiazole rings is 1. The molecular weight excluding hydrogens is 396 g/mol. The molecule has 0 bridgehead atoms. The van der Waals surface area contributed by atoms with Crippen LogP contribution < -0.4 is 14.9 Å². The molecule has 1 heterocycles.